The molecule has 0 amide bonds. The third kappa shape index (κ3) is 2.77. The van der Waals surface area contributed by atoms with E-state index in [1.165, 1.54) is 0 Å². The number of aromatic nitrogens is 3. The van der Waals surface area contributed by atoms with Gasteiger partial charge < -0.3 is 25.3 Å². The quantitative estimate of drug-likeness (QED) is 0.260. The van der Waals surface area contributed by atoms with Crippen molar-refractivity contribution in [2.75, 3.05) is 0 Å². The van der Waals surface area contributed by atoms with Gasteiger partial charge in [-0.05, 0) is 59.7 Å². The molecular formula is C26H19N3O3. The fourth-order valence-corrected chi connectivity index (χ4v) is 4.53. The summed E-state index contributed by atoms with van der Waals surface area (Å²) in [5.41, 5.74) is 4.93. The Bertz CT molecular complexity index is 1550. The van der Waals surface area contributed by atoms with E-state index < -0.39 is 0 Å². The minimum Gasteiger partial charge on any atom is -0.508 e. The number of H-pyrrole nitrogens is 2. The van der Waals surface area contributed by atoms with Gasteiger partial charge in [-0.2, -0.15) is 0 Å². The van der Waals surface area contributed by atoms with Gasteiger partial charge in [-0.25, -0.2) is 4.98 Å². The van der Waals surface area contributed by atoms with Gasteiger partial charge in [0.1, 0.15) is 22.8 Å². The number of rotatable bonds is 3. The van der Waals surface area contributed by atoms with Gasteiger partial charge in [-0.1, -0.05) is 18.2 Å². The molecule has 32 heavy (non-hydrogen) atoms. The maximum atomic E-state index is 10.4. The number of aromatic amines is 2. The smallest absolute Gasteiger partial charge is 0.141 e. The van der Waals surface area contributed by atoms with E-state index in [0.717, 1.165) is 44.0 Å². The summed E-state index contributed by atoms with van der Waals surface area (Å²) in [6.45, 7) is 0. The van der Waals surface area contributed by atoms with Gasteiger partial charge >= 0.3 is 0 Å². The lowest BCUT2D eigenvalue weighted by molar-refractivity contribution is 0.475. The highest BCUT2D eigenvalue weighted by Gasteiger charge is 2.25. The summed E-state index contributed by atoms with van der Waals surface area (Å²) in [6.07, 6.45) is 3.85. The number of pyridine rings is 1. The van der Waals surface area contributed by atoms with Gasteiger partial charge in [0.05, 0.1) is 11.6 Å². The summed E-state index contributed by atoms with van der Waals surface area (Å²) in [4.78, 5) is 11.4. The summed E-state index contributed by atoms with van der Waals surface area (Å²) in [5.74, 6) is 0.164. The minimum atomic E-state index is -0.315. The monoisotopic (exact) mass is 421 g/mol. The Morgan fingerprint density at radius 1 is 0.688 bits per heavy atom. The Hall–Kier alpha value is -4.45. The Morgan fingerprint density at radius 3 is 1.94 bits per heavy atom. The molecule has 0 fully saturated rings. The fraction of sp³-hybridized carbons (Fsp3) is 0.0385. The van der Waals surface area contributed by atoms with Crippen molar-refractivity contribution < 1.29 is 15.3 Å². The van der Waals surface area contributed by atoms with Gasteiger partial charge in [0.15, 0.2) is 0 Å². The highest BCUT2D eigenvalue weighted by molar-refractivity contribution is 5.91. The van der Waals surface area contributed by atoms with Crippen molar-refractivity contribution in [2.45, 2.75) is 5.92 Å². The van der Waals surface area contributed by atoms with Crippen molar-refractivity contribution >= 4 is 32.7 Å². The molecule has 0 aliphatic carbocycles. The normalized spacial score (nSPS) is 11.8. The van der Waals surface area contributed by atoms with E-state index in [-0.39, 0.29) is 23.2 Å². The topological polar surface area (TPSA) is 105 Å². The van der Waals surface area contributed by atoms with E-state index in [2.05, 4.69) is 9.97 Å². The first-order valence-corrected chi connectivity index (χ1v) is 10.3. The average Bonchev–Trinajstić information content (AvgIpc) is 3.39. The highest BCUT2D eigenvalue weighted by Crippen LogP contribution is 2.41. The van der Waals surface area contributed by atoms with E-state index in [1.807, 2.05) is 42.7 Å². The van der Waals surface area contributed by atoms with E-state index in [4.69, 9.17) is 4.98 Å². The zero-order chi connectivity index (χ0) is 21.8. The standard InChI is InChI=1S/C26H19N3O3/c30-15-5-8-21-17(10-15)19(12-27-21)25(20-13-28-22-9-6-16(31)11-18(20)22)23-7-4-14-2-1-3-24(32)26(14)29-23/h1-13,25,27-28,30-32H. The Kier molecular flexibility index (Phi) is 3.89. The molecule has 0 atom stereocenters. The molecule has 6 heteroatoms. The van der Waals surface area contributed by atoms with Crippen LogP contribution in [0.15, 0.2) is 79.1 Å². The van der Waals surface area contributed by atoms with Crippen LogP contribution in [0, 0.1) is 0 Å². The van der Waals surface area contributed by atoms with E-state index >= 15 is 0 Å². The summed E-state index contributed by atoms with van der Waals surface area (Å²) in [7, 11) is 0. The number of fused-ring (bicyclic) bond motifs is 3. The largest absolute Gasteiger partial charge is 0.508 e. The molecule has 0 aliphatic rings. The van der Waals surface area contributed by atoms with Gasteiger partial charge in [-0.3, -0.25) is 0 Å². The third-order valence-electron chi connectivity index (χ3n) is 6.03. The second kappa shape index (κ2) is 6.78. The fourth-order valence-electron chi connectivity index (χ4n) is 4.53. The molecule has 0 aliphatic heterocycles. The average molecular weight is 421 g/mol. The first kappa shape index (κ1) is 18.3. The van der Waals surface area contributed by atoms with Crippen LogP contribution >= 0.6 is 0 Å². The first-order chi connectivity index (χ1) is 15.6. The van der Waals surface area contributed by atoms with Crippen LogP contribution in [0.3, 0.4) is 0 Å². The molecular weight excluding hydrogens is 402 g/mol. The first-order valence-electron chi connectivity index (χ1n) is 10.3. The van der Waals surface area contributed by atoms with E-state index in [1.54, 1.807) is 36.4 Å². The van der Waals surface area contributed by atoms with Crippen molar-refractivity contribution in [1.82, 2.24) is 15.0 Å². The lowest BCUT2D eigenvalue weighted by Crippen LogP contribution is -2.05. The maximum absolute atomic E-state index is 10.4. The summed E-state index contributed by atoms with van der Waals surface area (Å²) in [5, 5.41) is 33.3. The zero-order valence-electron chi connectivity index (χ0n) is 16.9. The Balaban J connectivity index is 1.67. The molecule has 0 saturated heterocycles. The maximum Gasteiger partial charge on any atom is 0.141 e. The number of hydrogen-bond donors (Lipinski definition) is 5. The van der Waals surface area contributed by atoms with E-state index in [0.29, 0.717) is 5.52 Å². The molecule has 0 bridgehead atoms. The summed E-state index contributed by atoms with van der Waals surface area (Å²) >= 11 is 0. The second-order valence-electron chi connectivity index (χ2n) is 7.97. The van der Waals surface area contributed by atoms with Gasteiger partial charge in [0.25, 0.3) is 0 Å². The van der Waals surface area contributed by atoms with Crippen LogP contribution < -0.4 is 0 Å². The zero-order valence-corrected chi connectivity index (χ0v) is 16.9. The minimum absolute atomic E-state index is 0.122. The number of hydrogen-bond acceptors (Lipinski definition) is 4. The summed E-state index contributed by atoms with van der Waals surface area (Å²) in [6, 6.07) is 19.7. The molecule has 5 N–H and O–H groups in total. The predicted octanol–water partition coefficient (Wildman–Crippen LogP) is 5.49. The van der Waals surface area contributed by atoms with Gasteiger partial charge in [-0.15, -0.1) is 0 Å². The van der Waals surface area contributed by atoms with Crippen molar-refractivity contribution in [1.29, 1.82) is 0 Å². The van der Waals surface area contributed by atoms with Crippen molar-refractivity contribution in [3.63, 3.8) is 0 Å². The molecule has 0 radical (unpaired) electrons. The number of nitrogens with one attached hydrogen (secondary N) is 2. The van der Waals surface area contributed by atoms with Crippen LogP contribution in [0.1, 0.15) is 22.7 Å². The molecule has 0 saturated carbocycles. The van der Waals surface area contributed by atoms with Crippen LogP contribution in [0.2, 0.25) is 0 Å². The van der Waals surface area contributed by atoms with Crippen LogP contribution in [-0.4, -0.2) is 30.3 Å². The Labute approximate surface area is 182 Å². The molecule has 6 rings (SSSR count). The number of aromatic hydroxyl groups is 3. The SMILES string of the molecule is Oc1ccc2[nH]cc(C(c3ccc4cccc(O)c4n3)c3c[nH]c4ccc(O)cc34)c2c1. The van der Waals surface area contributed by atoms with Crippen LogP contribution in [0.5, 0.6) is 17.2 Å². The van der Waals surface area contributed by atoms with Crippen molar-refractivity contribution in [2.24, 2.45) is 0 Å². The van der Waals surface area contributed by atoms with Crippen LogP contribution in [0.25, 0.3) is 32.7 Å². The number of para-hydroxylation sites is 1. The predicted molar refractivity (Wildman–Crippen MR) is 124 cm³/mol. The number of nitrogens with zero attached hydrogens (tertiary/aromatic N) is 1. The number of phenols is 3. The molecule has 0 unspecified atom stereocenters. The molecule has 3 heterocycles. The second-order valence-corrected chi connectivity index (χ2v) is 7.97. The van der Waals surface area contributed by atoms with Gasteiger partial charge in [0.2, 0.25) is 0 Å². The van der Waals surface area contributed by atoms with E-state index in [9.17, 15) is 15.3 Å². The molecule has 6 aromatic rings. The third-order valence-corrected chi connectivity index (χ3v) is 6.03. The van der Waals surface area contributed by atoms with Crippen LogP contribution in [-0.2, 0) is 0 Å². The lowest BCUT2D eigenvalue weighted by Gasteiger charge is -2.17. The molecule has 6 nitrogen and oxygen atoms in total. The highest BCUT2D eigenvalue weighted by atomic mass is 16.3. The molecule has 3 aromatic heterocycles. The van der Waals surface area contributed by atoms with Gasteiger partial charge in [0, 0.05) is 39.6 Å². The molecule has 0 spiro atoms. The lowest BCUT2D eigenvalue weighted by atomic mass is 9.87. The summed E-state index contributed by atoms with van der Waals surface area (Å²) < 4.78 is 0. The molecule has 3 aromatic carbocycles. The van der Waals surface area contributed by atoms with Crippen LogP contribution in [0.4, 0.5) is 0 Å². The van der Waals surface area contributed by atoms with Crippen molar-refractivity contribution in [3.8, 4) is 17.2 Å². The Morgan fingerprint density at radius 2 is 1.31 bits per heavy atom. The molecule has 156 valence electrons. The van der Waals surface area contributed by atoms with Crippen molar-refractivity contribution in [3.05, 3.63) is 95.9 Å². The number of phenolic OH excluding ortho intramolecular Hbond substituents is 3. The number of benzene rings is 3.